The fraction of sp³-hybridized carbons (Fsp3) is 0.189. The summed E-state index contributed by atoms with van der Waals surface area (Å²) in [5.74, 6) is -17.7. The van der Waals surface area contributed by atoms with E-state index in [0.29, 0.717) is 22.3 Å². The number of alkyl halides is 2. The Morgan fingerprint density at radius 2 is 0.615 bits per heavy atom. The highest BCUT2D eigenvalue weighted by Crippen LogP contribution is 2.35. The van der Waals surface area contributed by atoms with Crippen molar-refractivity contribution in [2.24, 2.45) is 0 Å². The second-order valence-corrected chi connectivity index (χ2v) is 31.1. The average molecular weight is 1900 g/mol. The third kappa shape index (κ3) is 34.4. The standard InChI is InChI=1S/C17H17F2NO4S.C16H13F2NO4.C16H15F2NO2.C15H13F2NO4S.C10H10ClFO2.C8H6ClFO2.C8H7FO3/c1-3-24-17(21)16(11-5-4-6-13(18)9-11)12-7-8-15(14(19)10-12)20-25(2,22)23;1-2-23-16(20)15(10-4-3-5-12(17)8-10)11-6-7-14(19(21)22)13(18)9-11;1-2-21-16(20)15(10-4-3-5-12(17)8-10)11-6-7-14(19)13(18)9-11;1-23(21,22)18-13-6-5-10(8-12(13)17)14(15(19)20)9-3-2-4-11(16)7-9;1-2-14-10(13)9(11)7-4-3-5-8(12)6-7;9-7(8(11)12)5-2-1-3-6(10)4-5;9-6-3-1-2-5(4-6)7(10)8(11)12/h4-10,16,20H,3H2,1-2H3;3-9,15H,2H2,1H3;3-9,15H,2,19H2,1H3;2-8,14,18H,1H3,(H,19,20);3-6,9H,2H2,1H3;1-4,7H,(H,11,12);1-4,7,10H,(H,11,12). The fourth-order valence-corrected chi connectivity index (χ4v) is 13.0. The lowest BCUT2D eigenvalue weighted by molar-refractivity contribution is -0.387. The normalized spacial score (nSPS) is 12.3. The summed E-state index contributed by atoms with van der Waals surface area (Å²) < 4.78 is 216. The molecule has 7 atom stereocenters. The number of nitrogens with one attached hydrogen (secondary N) is 2. The van der Waals surface area contributed by atoms with Crippen LogP contribution in [0, 0.1) is 74.1 Å². The van der Waals surface area contributed by atoms with Crippen LogP contribution in [0.5, 0.6) is 0 Å². The van der Waals surface area contributed by atoms with E-state index in [-0.39, 0.29) is 82.4 Å². The first-order chi connectivity index (χ1) is 61.2. The number of nitro benzene ring substituents is 1. The number of aliphatic hydroxyl groups is 1. The molecule has 7 unspecified atom stereocenters. The van der Waals surface area contributed by atoms with E-state index >= 15 is 0 Å². The Balaban J connectivity index is 0.000000273. The summed E-state index contributed by atoms with van der Waals surface area (Å²) in [5, 5.41) is 43.7. The summed E-state index contributed by atoms with van der Waals surface area (Å²) in [4.78, 5) is 89.7. The zero-order chi connectivity index (χ0) is 97.0. The lowest BCUT2D eigenvalue weighted by Gasteiger charge is -2.17. The summed E-state index contributed by atoms with van der Waals surface area (Å²) >= 11 is 11.2. The number of rotatable bonds is 27. The number of nitro groups is 1. The summed E-state index contributed by atoms with van der Waals surface area (Å²) in [5.41, 5.74) is 6.84. The number of sulfonamides is 2. The van der Waals surface area contributed by atoms with Crippen LogP contribution in [0.15, 0.2) is 243 Å². The Hall–Kier alpha value is -13.8. The molecule has 0 saturated carbocycles. The van der Waals surface area contributed by atoms with Gasteiger partial charge in [0, 0.05) is 6.07 Å². The van der Waals surface area contributed by atoms with Crippen molar-refractivity contribution >= 4 is 108 Å². The molecule has 11 aromatic carbocycles. The number of carbonyl (C=O) groups excluding carboxylic acids is 4. The van der Waals surface area contributed by atoms with Crippen LogP contribution in [-0.2, 0) is 72.6 Å². The van der Waals surface area contributed by atoms with Gasteiger partial charge in [-0.25, -0.2) is 65.5 Å². The maximum atomic E-state index is 14.2. The molecular formula is C90H81Cl2F11N4O21S2. The molecule has 25 nitrogen and oxygen atoms in total. The number of esters is 4. The topological polar surface area (TPSA) is 399 Å². The van der Waals surface area contributed by atoms with Crippen molar-refractivity contribution in [3.8, 4) is 0 Å². The molecule has 0 fully saturated rings. The molecule has 130 heavy (non-hydrogen) atoms. The molecule has 11 rings (SSSR count). The number of benzene rings is 11. The molecule has 8 N–H and O–H groups in total. The van der Waals surface area contributed by atoms with Crippen LogP contribution in [0.2, 0.25) is 0 Å². The van der Waals surface area contributed by atoms with Crippen molar-refractivity contribution in [1.29, 1.82) is 0 Å². The number of nitrogens with two attached hydrogens (primary N) is 1. The number of hydrogen-bond acceptors (Lipinski definition) is 19. The average Bonchev–Trinajstić information content (AvgIpc) is 0.820. The Kier molecular flexibility index (Phi) is 42.1. The van der Waals surface area contributed by atoms with E-state index < -0.39 is 177 Å². The van der Waals surface area contributed by atoms with Gasteiger partial charge in [0.25, 0.3) is 0 Å². The van der Waals surface area contributed by atoms with Gasteiger partial charge in [-0.2, -0.15) is 4.39 Å². The summed E-state index contributed by atoms with van der Waals surface area (Å²) in [6.07, 6.45) is 0.113. The molecule has 0 aliphatic carbocycles. The number of carboxylic acid groups (broad SMARTS) is 3. The van der Waals surface area contributed by atoms with Crippen molar-refractivity contribution in [3.63, 3.8) is 0 Å². The van der Waals surface area contributed by atoms with Crippen molar-refractivity contribution in [2.75, 3.05) is 54.1 Å². The summed E-state index contributed by atoms with van der Waals surface area (Å²) in [6.45, 7) is 7.24. The maximum Gasteiger partial charge on any atom is 0.337 e. The molecule has 690 valence electrons. The molecule has 0 amide bonds. The van der Waals surface area contributed by atoms with Gasteiger partial charge in [-0.1, -0.05) is 109 Å². The lowest BCUT2D eigenvalue weighted by atomic mass is 9.91. The van der Waals surface area contributed by atoms with Crippen molar-refractivity contribution in [1.82, 2.24) is 0 Å². The number of halogens is 13. The van der Waals surface area contributed by atoms with Gasteiger partial charge in [-0.3, -0.25) is 48.3 Å². The van der Waals surface area contributed by atoms with Crippen LogP contribution in [-0.4, -0.2) is 123 Å². The predicted molar refractivity (Wildman–Crippen MR) is 457 cm³/mol. The van der Waals surface area contributed by atoms with E-state index in [9.17, 15) is 114 Å². The van der Waals surface area contributed by atoms with E-state index in [4.69, 9.17) is 63.2 Å². The van der Waals surface area contributed by atoms with Gasteiger partial charge in [0.15, 0.2) is 16.9 Å². The van der Waals surface area contributed by atoms with Gasteiger partial charge in [-0.05, 0) is 216 Å². The highest BCUT2D eigenvalue weighted by Gasteiger charge is 2.31. The van der Waals surface area contributed by atoms with E-state index in [0.717, 1.165) is 67.1 Å². The Morgan fingerprint density at radius 3 is 0.900 bits per heavy atom. The molecule has 0 aromatic heterocycles. The maximum absolute atomic E-state index is 14.2. The van der Waals surface area contributed by atoms with Gasteiger partial charge in [-0.15, -0.1) is 23.2 Å². The number of ether oxygens (including phenoxy) is 4. The Labute approximate surface area is 747 Å². The smallest absolute Gasteiger partial charge is 0.337 e. The van der Waals surface area contributed by atoms with E-state index in [1.54, 1.807) is 39.8 Å². The molecule has 11 aromatic rings. The lowest BCUT2D eigenvalue weighted by Crippen LogP contribution is -2.18. The molecule has 0 heterocycles. The van der Waals surface area contributed by atoms with Gasteiger partial charge >= 0.3 is 47.5 Å². The first-order valence-corrected chi connectivity index (χ1v) is 42.5. The number of carbonyl (C=O) groups is 7. The van der Waals surface area contributed by atoms with Crippen molar-refractivity contribution in [3.05, 3.63) is 378 Å². The van der Waals surface area contributed by atoms with Crippen molar-refractivity contribution < 1.29 is 143 Å². The van der Waals surface area contributed by atoms with Gasteiger partial charge in [0.05, 0.1) is 60.9 Å². The van der Waals surface area contributed by atoms with Crippen molar-refractivity contribution in [2.45, 2.75) is 68.2 Å². The number of carboxylic acids is 3. The van der Waals surface area contributed by atoms with Crippen LogP contribution in [0.4, 0.5) is 71.0 Å². The zero-order valence-electron chi connectivity index (χ0n) is 68.9. The quantitative estimate of drug-likeness (QED) is 0.00478. The second-order valence-electron chi connectivity index (χ2n) is 26.7. The van der Waals surface area contributed by atoms with Gasteiger partial charge in [0.2, 0.25) is 25.9 Å². The minimum atomic E-state index is -3.66. The first kappa shape index (κ1) is 107. The number of hydrogen-bond donors (Lipinski definition) is 7. The third-order valence-corrected chi connectivity index (χ3v) is 19.1. The second kappa shape index (κ2) is 51.2. The number of anilines is 3. The SMILES string of the molecule is CCOC(=O)C(Cl)c1cccc(F)c1.CCOC(=O)C(c1cccc(F)c1)c1ccc(N)c(F)c1.CCOC(=O)C(c1cccc(F)c1)c1ccc(NS(C)(=O)=O)c(F)c1.CCOC(=O)C(c1cccc(F)c1)c1ccc([N+](=O)[O-])c(F)c1.CS(=O)(=O)Nc1ccc(C(C(=O)O)c2cccc(F)c2)cc1F.O=C(O)C(Cl)c1cccc(F)c1.O=C(O)C(O)c1cccc(F)c1. The summed E-state index contributed by atoms with van der Waals surface area (Å²) in [6, 6.07) is 51.0. The van der Waals surface area contributed by atoms with Crippen LogP contribution in [0.1, 0.15) is 129 Å². The van der Waals surface area contributed by atoms with E-state index in [1.807, 2.05) is 9.44 Å². The number of aliphatic hydroxyl groups excluding tert-OH is 1. The highest BCUT2D eigenvalue weighted by molar-refractivity contribution is 7.92. The number of aliphatic carboxylic acids is 3. The van der Waals surface area contributed by atoms with E-state index in [2.05, 4.69) is 0 Å². The number of nitrogen functional groups attached to an aromatic ring is 1. The monoisotopic (exact) mass is 1900 g/mol. The Bertz CT molecular complexity index is 5980. The number of nitrogens with zero attached hydrogens (tertiary/aromatic N) is 1. The fourth-order valence-electron chi connectivity index (χ4n) is 11.5. The molecule has 40 heteroatoms. The molecule has 0 aliphatic rings. The largest absolute Gasteiger partial charge is 0.481 e. The molecule has 0 aliphatic heterocycles. The highest BCUT2D eigenvalue weighted by atomic mass is 35.5. The zero-order valence-corrected chi connectivity index (χ0v) is 72.1. The van der Waals surface area contributed by atoms with Crippen LogP contribution < -0.4 is 15.2 Å². The Morgan fingerprint density at radius 1 is 0.354 bits per heavy atom. The predicted octanol–water partition coefficient (Wildman–Crippen LogP) is 18.2. The molecule has 0 radical (unpaired) electrons. The molecule has 0 saturated heterocycles. The molecule has 0 bridgehead atoms. The minimum Gasteiger partial charge on any atom is -0.481 e. The molecule has 0 spiro atoms. The summed E-state index contributed by atoms with van der Waals surface area (Å²) in [7, 11) is -7.31. The van der Waals surface area contributed by atoms with Crippen LogP contribution in [0.3, 0.4) is 0 Å². The van der Waals surface area contributed by atoms with Crippen LogP contribution >= 0.6 is 23.2 Å². The van der Waals surface area contributed by atoms with Crippen LogP contribution in [0.25, 0.3) is 0 Å². The third-order valence-electron chi connectivity index (χ3n) is 17.0. The molecular weight excluding hydrogens is 1820 g/mol. The first-order valence-electron chi connectivity index (χ1n) is 37.8. The van der Waals surface area contributed by atoms with E-state index in [1.165, 1.54) is 176 Å². The minimum absolute atomic E-state index is 0.0133. The van der Waals surface area contributed by atoms with Gasteiger partial charge in [0.1, 0.15) is 81.8 Å². The van der Waals surface area contributed by atoms with Gasteiger partial charge < -0.3 is 45.1 Å².